The summed E-state index contributed by atoms with van der Waals surface area (Å²) in [5.41, 5.74) is 2.76. The van der Waals surface area contributed by atoms with E-state index in [0.717, 1.165) is 11.1 Å². The molecule has 0 aliphatic carbocycles. The molecule has 0 spiro atoms. The molecule has 2 aromatic rings. The first-order valence-corrected chi connectivity index (χ1v) is 9.17. The molecule has 140 valence electrons. The number of nitrogens with one attached hydrogen (secondary N) is 1. The van der Waals surface area contributed by atoms with Crippen LogP contribution in [0.2, 0.25) is 5.02 Å². The van der Waals surface area contributed by atoms with Crippen LogP contribution in [0.15, 0.2) is 42.1 Å². The third-order valence-electron chi connectivity index (χ3n) is 4.08. The third kappa shape index (κ3) is 3.91. The van der Waals surface area contributed by atoms with Crippen molar-refractivity contribution in [2.45, 2.75) is 13.8 Å². The van der Waals surface area contributed by atoms with Crippen LogP contribution in [0.1, 0.15) is 18.1 Å². The fourth-order valence-electron chi connectivity index (χ4n) is 2.84. The Bertz CT molecular complexity index is 943. The number of ether oxygens (including phenoxy) is 2. The number of halogens is 1. The molecule has 0 saturated carbocycles. The normalized spacial score (nSPS) is 15.3. The van der Waals surface area contributed by atoms with Crippen molar-refractivity contribution in [1.82, 2.24) is 5.32 Å². The fraction of sp³-hybridized carbons (Fsp3) is 0.200. The zero-order valence-corrected chi connectivity index (χ0v) is 16.8. The van der Waals surface area contributed by atoms with E-state index < -0.39 is 0 Å². The van der Waals surface area contributed by atoms with Gasteiger partial charge in [-0.1, -0.05) is 17.7 Å². The van der Waals surface area contributed by atoms with E-state index in [-0.39, 0.29) is 5.91 Å². The highest BCUT2D eigenvalue weighted by Gasteiger charge is 2.32. The van der Waals surface area contributed by atoms with Crippen LogP contribution in [0.25, 0.3) is 6.08 Å². The van der Waals surface area contributed by atoms with Gasteiger partial charge in [0.25, 0.3) is 5.91 Å². The summed E-state index contributed by atoms with van der Waals surface area (Å²) in [6.45, 7) is 4.30. The third-order valence-corrected chi connectivity index (χ3v) is 4.60. The van der Waals surface area contributed by atoms with Crippen molar-refractivity contribution in [3.05, 3.63) is 58.2 Å². The second-order valence-electron chi connectivity index (χ2n) is 5.90. The summed E-state index contributed by atoms with van der Waals surface area (Å²) >= 11 is 11.4. The molecule has 1 amide bonds. The molecule has 0 atom stereocenters. The largest absolute Gasteiger partial charge is 0.493 e. The van der Waals surface area contributed by atoms with E-state index in [9.17, 15) is 4.79 Å². The van der Waals surface area contributed by atoms with Crippen molar-refractivity contribution >= 4 is 46.6 Å². The summed E-state index contributed by atoms with van der Waals surface area (Å²) in [5, 5.41) is 3.93. The Kier molecular flexibility index (Phi) is 5.68. The van der Waals surface area contributed by atoms with E-state index in [1.807, 2.05) is 26.0 Å². The minimum Gasteiger partial charge on any atom is -0.493 e. The second-order valence-corrected chi connectivity index (χ2v) is 6.73. The lowest BCUT2D eigenvalue weighted by atomic mass is 10.1. The maximum absolute atomic E-state index is 12.9. The van der Waals surface area contributed by atoms with Gasteiger partial charge in [-0.05, 0) is 73.6 Å². The number of methoxy groups -OCH3 is 1. The van der Waals surface area contributed by atoms with Gasteiger partial charge in [0.05, 0.1) is 19.4 Å². The number of hydrogen-bond donors (Lipinski definition) is 1. The van der Waals surface area contributed by atoms with Gasteiger partial charge in [-0.25, -0.2) is 0 Å². The average molecular weight is 403 g/mol. The molecule has 3 rings (SSSR count). The number of hydrogen-bond acceptors (Lipinski definition) is 4. The maximum atomic E-state index is 12.9. The number of rotatable bonds is 5. The van der Waals surface area contributed by atoms with E-state index >= 15 is 0 Å². The zero-order valence-electron chi connectivity index (χ0n) is 15.2. The molecule has 1 aliphatic heterocycles. The Morgan fingerprint density at radius 1 is 1.22 bits per heavy atom. The number of amides is 1. The first-order chi connectivity index (χ1) is 12.9. The van der Waals surface area contributed by atoms with Crippen LogP contribution >= 0.6 is 23.8 Å². The molecule has 0 unspecified atom stereocenters. The number of nitrogens with zero attached hydrogens (tertiary/aromatic N) is 1. The van der Waals surface area contributed by atoms with Crippen molar-refractivity contribution in [2.75, 3.05) is 18.6 Å². The average Bonchev–Trinajstić information content (AvgIpc) is 2.90. The van der Waals surface area contributed by atoms with E-state index in [2.05, 4.69) is 5.32 Å². The summed E-state index contributed by atoms with van der Waals surface area (Å²) in [6, 6.07) is 10.8. The van der Waals surface area contributed by atoms with Crippen molar-refractivity contribution in [3.63, 3.8) is 0 Å². The van der Waals surface area contributed by atoms with E-state index in [1.54, 1.807) is 37.5 Å². The maximum Gasteiger partial charge on any atom is 0.281 e. The summed E-state index contributed by atoms with van der Waals surface area (Å²) < 4.78 is 10.9. The molecule has 2 aromatic carbocycles. The molecule has 0 aromatic heterocycles. The number of anilines is 1. The van der Waals surface area contributed by atoms with E-state index in [1.165, 1.54) is 4.90 Å². The highest BCUT2D eigenvalue weighted by molar-refractivity contribution is 7.80. The van der Waals surface area contributed by atoms with E-state index in [0.29, 0.717) is 39.6 Å². The van der Waals surface area contributed by atoms with Gasteiger partial charge >= 0.3 is 0 Å². The van der Waals surface area contributed by atoms with Gasteiger partial charge < -0.3 is 14.8 Å². The van der Waals surface area contributed by atoms with Crippen LogP contribution < -0.4 is 19.7 Å². The van der Waals surface area contributed by atoms with Crippen LogP contribution in [0.3, 0.4) is 0 Å². The lowest BCUT2D eigenvalue weighted by Crippen LogP contribution is -2.30. The van der Waals surface area contributed by atoms with Crippen LogP contribution in [-0.4, -0.2) is 24.7 Å². The first-order valence-electron chi connectivity index (χ1n) is 8.38. The van der Waals surface area contributed by atoms with Gasteiger partial charge in [-0.3, -0.25) is 9.69 Å². The molecule has 5 nitrogen and oxygen atoms in total. The molecular formula is C20H19ClN2O3S. The van der Waals surface area contributed by atoms with Crippen LogP contribution in [0, 0.1) is 6.92 Å². The monoisotopic (exact) mass is 402 g/mol. The zero-order chi connectivity index (χ0) is 19.6. The second kappa shape index (κ2) is 7.98. The summed E-state index contributed by atoms with van der Waals surface area (Å²) in [4.78, 5) is 14.4. The number of benzene rings is 2. The number of carbonyl (C=O) groups is 1. The topological polar surface area (TPSA) is 50.8 Å². The Hall–Kier alpha value is -2.57. The Morgan fingerprint density at radius 3 is 2.67 bits per heavy atom. The van der Waals surface area contributed by atoms with Gasteiger partial charge in [0.1, 0.15) is 5.70 Å². The summed E-state index contributed by atoms with van der Waals surface area (Å²) in [6.07, 6.45) is 1.74. The van der Waals surface area contributed by atoms with Gasteiger partial charge in [-0.2, -0.15) is 0 Å². The van der Waals surface area contributed by atoms with Crippen LogP contribution in [0.5, 0.6) is 11.5 Å². The predicted octanol–water partition coefficient (Wildman–Crippen LogP) is 4.32. The molecule has 1 aliphatic rings. The molecule has 0 radical (unpaired) electrons. The predicted molar refractivity (Wildman–Crippen MR) is 112 cm³/mol. The van der Waals surface area contributed by atoms with Crippen molar-refractivity contribution in [3.8, 4) is 11.5 Å². The highest BCUT2D eigenvalue weighted by Crippen LogP contribution is 2.31. The van der Waals surface area contributed by atoms with Crippen molar-refractivity contribution in [2.24, 2.45) is 0 Å². The quantitative estimate of drug-likeness (QED) is 0.596. The number of thiocarbonyl (C=S) groups is 1. The SMILES string of the molecule is CCOc1cc(/C=C2\NC(=S)N(c3ccc(Cl)cc3C)C2=O)ccc1OC. The van der Waals surface area contributed by atoms with Crippen molar-refractivity contribution in [1.29, 1.82) is 0 Å². The summed E-state index contributed by atoms with van der Waals surface area (Å²) in [5.74, 6) is 1.03. The van der Waals surface area contributed by atoms with Gasteiger partial charge in [0.15, 0.2) is 16.6 Å². The van der Waals surface area contributed by atoms with Gasteiger partial charge in [-0.15, -0.1) is 0 Å². The van der Waals surface area contributed by atoms with Crippen molar-refractivity contribution < 1.29 is 14.3 Å². The Balaban J connectivity index is 1.93. The Labute approximate surface area is 168 Å². The number of aryl methyl sites for hydroxylation is 1. The first kappa shape index (κ1) is 19.2. The smallest absolute Gasteiger partial charge is 0.281 e. The van der Waals surface area contributed by atoms with Crippen LogP contribution in [-0.2, 0) is 4.79 Å². The highest BCUT2D eigenvalue weighted by atomic mass is 35.5. The molecule has 7 heteroatoms. The van der Waals surface area contributed by atoms with Gasteiger partial charge in [0.2, 0.25) is 0 Å². The minimum absolute atomic E-state index is 0.223. The lowest BCUT2D eigenvalue weighted by molar-refractivity contribution is -0.113. The number of carbonyl (C=O) groups excluding carboxylic acids is 1. The molecule has 1 fully saturated rings. The molecule has 27 heavy (non-hydrogen) atoms. The lowest BCUT2D eigenvalue weighted by Gasteiger charge is -2.16. The van der Waals surface area contributed by atoms with Crippen LogP contribution in [0.4, 0.5) is 5.69 Å². The standard InChI is InChI=1S/C20H19ClN2O3S/c1-4-26-18-11-13(5-8-17(18)25-3)10-15-19(24)23(20(27)22-15)16-7-6-14(21)9-12(16)2/h5-11H,4H2,1-3H3,(H,22,27)/b15-10-. The molecule has 1 saturated heterocycles. The molecule has 1 N–H and O–H groups in total. The summed E-state index contributed by atoms with van der Waals surface area (Å²) in [7, 11) is 1.59. The van der Waals surface area contributed by atoms with Gasteiger partial charge in [0, 0.05) is 5.02 Å². The molecule has 0 bridgehead atoms. The molecule has 1 heterocycles. The van der Waals surface area contributed by atoms with E-state index in [4.69, 9.17) is 33.3 Å². The fourth-order valence-corrected chi connectivity index (χ4v) is 3.36. The Morgan fingerprint density at radius 2 is 2.00 bits per heavy atom. The molecular weight excluding hydrogens is 384 g/mol. The minimum atomic E-state index is -0.223.